The Morgan fingerprint density at radius 2 is 0.793 bits per heavy atom. The molecule has 178 valence electrons. The second-order valence-corrected chi connectivity index (χ2v) is 8.97. The van der Waals surface area contributed by atoms with Crippen LogP contribution < -0.4 is 12.4 Å². The van der Waals surface area contributed by atoms with E-state index >= 15 is 0 Å². The molecule has 0 aromatic rings. The Morgan fingerprint density at radius 1 is 0.517 bits per heavy atom. The smallest absolute Gasteiger partial charge is 0.202 e. The number of hydrogen-bond acceptors (Lipinski definition) is 4. The van der Waals surface area contributed by atoms with Gasteiger partial charge in [-0.1, -0.05) is 96.8 Å². The first kappa shape index (κ1) is 31.3. The molecule has 0 unspecified atom stereocenters. The van der Waals surface area contributed by atoms with Gasteiger partial charge in [-0.3, -0.25) is 0 Å². The fraction of sp³-hybridized carbons (Fsp3) is 1.00. The summed E-state index contributed by atoms with van der Waals surface area (Å²) in [6.07, 6.45) is 18.4. The lowest BCUT2D eigenvalue weighted by atomic mass is 10.0. The van der Waals surface area contributed by atoms with Gasteiger partial charge in [0.1, 0.15) is 13.1 Å². The van der Waals surface area contributed by atoms with Gasteiger partial charge in [0.2, 0.25) is 12.6 Å². The van der Waals surface area contributed by atoms with Gasteiger partial charge in [-0.15, -0.1) is 0 Å². The van der Waals surface area contributed by atoms with Crippen molar-refractivity contribution in [1.82, 2.24) is 0 Å². The molecule has 0 saturated carbocycles. The van der Waals surface area contributed by atoms with E-state index in [0.29, 0.717) is 0 Å². The van der Waals surface area contributed by atoms with Crippen molar-refractivity contribution in [3.63, 3.8) is 0 Å². The van der Waals surface area contributed by atoms with E-state index in [0.717, 1.165) is 19.4 Å². The molecule has 5 nitrogen and oxygen atoms in total. The fourth-order valence-corrected chi connectivity index (χ4v) is 4.09. The molecule has 0 spiro atoms. The zero-order valence-electron chi connectivity index (χ0n) is 19.2. The third kappa shape index (κ3) is 22.6. The lowest BCUT2D eigenvalue weighted by Gasteiger charge is -2.35. The molecule has 0 amide bonds. The Morgan fingerprint density at radius 3 is 1.07 bits per heavy atom. The van der Waals surface area contributed by atoms with Crippen molar-refractivity contribution in [2.24, 2.45) is 0 Å². The number of aliphatic hydroxyl groups is 4. The van der Waals surface area contributed by atoms with Gasteiger partial charge < -0.3 is 37.3 Å². The minimum atomic E-state index is -1.41. The van der Waals surface area contributed by atoms with E-state index in [4.69, 9.17) is 0 Å². The van der Waals surface area contributed by atoms with Crippen molar-refractivity contribution in [3.8, 4) is 0 Å². The van der Waals surface area contributed by atoms with Crippen molar-refractivity contribution in [2.75, 3.05) is 26.7 Å². The van der Waals surface area contributed by atoms with Gasteiger partial charge in [-0.2, -0.15) is 0 Å². The summed E-state index contributed by atoms with van der Waals surface area (Å²) in [4.78, 5) is 0. The van der Waals surface area contributed by atoms with E-state index in [1.807, 2.05) is 7.05 Å². The van der Waals surface area contributed by atoms with Crippen LogP contribution in [0.1, 0.15) is 110 Å². The van der Waals surface area contributed by atoms with Crippen molar-refractivity contribution >= 4 is 0 Å². The Kier molecular flexibility index (Phi) is 23.0. The van der Waals surface area contributed by atoms with Gasteiger partial charge >= 0.3 is 0 Å². The number of unbranched alkanes of at least 4 members (excludes halogenated alkanes) is 15. The molecule has 0 aliphatic heterocycles. The number of aliphatic hydroxyl groups excluding tert-OH is 2. The van der Waals surface area contributed by atoms with Gasteiger partial charge in [0.25, 0.3) is 0 Å². The average molecular weight is 440 g/mol. The zero-order valence-corrected chi connectivity index (χ0v) is 20.0. The number of quaternary nitrogens is 1. The van der Waals surface area contributed by atoms with Crippen LogP contribution in [0.25, 0.3) is 0 Å². The Labute approximate surface area is 186 Å². The highest BCUT2D eigenvalue weighted by Gasteiger charge is 2.26. The second kappa shape index (κ2) is 21.3. The monoisotopic (exact) mass is 439 g/mol. The highest BCUT2D eigenvalue weighted by Crippen LogP contribution is 2.15. The summed E-state index contributed by atoms with van der Waals surface area (Å²) < 4.78 is 0.286. The quantitative estimate of drug-likeness (QED) is 0.123. The molecule has 0 saturated heterocycles. The van der Waals surface area contributed by atoms with Crippen molar-refractivity contribution in [2.45, 2.75) is 122 Å². The minimum Gasteiger partial charge on any atom is -1.00 e. The number of halogens is 1. The number of nitrogens with zero attached hydrogens (tertiary/aromatic N) is 1. The summed E-state index contributed by atoms with van der Waals surface area (Å²) in [5.74, 6) is 0. The summed E-state index contributed by atoms with van der Waals surface area (Å²) in [7, 11) is 1.85. The molecule has 0 fully saturated rings. The first-order chi connectivity index (χ1) is 13.4. The van der Waals surface area contributed by atoms with Crippen LogP contribution in [0, 0.1) is 0 Å². The molecule has 0 bridgehead atoms. The molecule has 0 atom stereocenters. The van der Waals surface area contributed by atoms with Crippen LogP contribution in [0.2, 0.25) is 0 Å². The largest absolute Gasteiger partial charge is 1.00 e. The van der Waals surface area contributed by atoms with E-state index in [2.05, 4.69) is 6.92 Å². The fourth-order valence-electron chi connectivity index (χ4n) is 4.09. The molecule has 0 aromatic heterocycles. The van der Waals surface area contributed by atoms with E-state index < -0.39 is 12.6 Å². The third-order valence-electron chi connectivity index (χ3n) is 5.76. The lowest BCUT2D eigenvalue weighted by molar-refractivity contribution is -0.920. The average Bonchev–Trinajstić information content (AvgIpc) is 2.60. The second-order valence-electron chi connectivity index (χ2n) is 8.97. The van der Waals surface area contributed by atoms with E-state index in [1.165, 1.54) is 89.9 Å². The maximum atomic E-state index is 9.21. The van der Waals surface area contributed by atoms with Gasteiger partial charge in [-0.05, 0) is 12.8 Å². The van der Waals surface area contributed by atoms with Crippen molar-refractivity contribution < 1.29 is 37.3 Å². The normalized spacial score (nSPS) is 12.0. The van der Waals surface area contributed by atoms with Crippen molar-refractivity contribution in [1.29, 1.82) is 0 Å². The number of rotatable bonds is 21. The predicted octanol–water partition coefficient (Wildman–Crippen LogP) is 1.32. The van der Waals surface area contributed by atoms with Crippen molar-refractivity contribution in [3.05, 3.63) is 0 Å². The molecule has 0 aromatic carbocycles. The molecular formula is C23H50ClNO4. The van der Waals surface area contributed by atoms with E-state index in [1.54, 1.807) is 0 Å². The number of likely N-dealkylation sites (N-methyl/N-ethyl adjacent to an activating group) is 1. The minimum absolute atomic E-state index is 0. The van der Waals surface area contributed by atoms with Gasteiger partial charge in [0.05, 0.1) is 13.6 Å². The summed E-state index contributed by atoms with van der Waals surface area (Å²) >= 11 is 0. The van der Waals surface area contributed by atoms with Crippen LogP contribution in [-0.2, 0) is 0 Å². The summed E-state index contributed by atoms with van der Waals surface area (Å²) in [6.45, 7) is 3.28. The number of hydrogen-bond donors (Lipinski definition) is 4. The van der Waals surface area contributed by atoms with Crippen LogP contribution in [0.3, 0.4) is 0 Å². The Balaban J connectivity index is 0. The standard InChI is InChI=1S/C23H50NO4.ClH/c1-3-4-5-6-7-8-9-10-11-12-13-14-15-16-17-18-19-24(2,20-22(25)26)21-23(27)28;/h22-23,25-28H,3-21H2,1-2H3;1H/q+1;/p-1. The maximum Gasteiger partial charge on any atom is 0.202 e. The first-order valence-corrected chi connectivity index (χ1v) is 12.0. The first-order valence-electron chi connectivity index (χ1n) is 12.0. The molecule has 0 aliphatic rings. The highest BCUT2D eigenvalue weighted by atomic mass is 35.5. The van der Waals surface area contributed by atoms with Gasteiger partial charge in [0, 0.05) is 0 Å². The summed E-state index contributed by atoms with van der Waals surface area (Å²) in [5, 5.41) is 36.8. The highest BCUT2D eigenvalue weighted by molar-refractivity contribution is 4.51. The Bertz CT molecular complexity index is 320. The van der Waals surface area contributed by atoms with Crippen LogP contribution in [-0.4, -0.2) is 64.2 Å². The van der Waals surface area contributed by atoms with E-state index in [9.17, 15) is 20.4 Å². The van der Waals surface area contributed by atoms with Gasteiger partial charge in [0.15, 0.2) is 0 Å². The molecule has 0 rings (SSSR count). The molecule has 4 N–H and O–H groups in total. The predicted molar refractivity (Wildman–Crippen MR) is 117 cm³/mol. The summed E-state index contributed by atoms with van der Waals surface area (Å²) in [6, 6.07) is 0. The lowest BCUT2D eigenvalue weighted by Crippen LogP contribution is -3.00. The maximum absolute atomic E-state index is 9.21. The SMILES string of the molecule is CCCCCCCCCCCCCCCCCC[N+](C)(CC(O)O)CC(O)O.[Cl-]. The molecule has 6 heteroatoms. The summed E-state index contributed by atoms with van der Waals surface area (Å²) in [5.41, 5.74) is 0. The van der Waals surface area contributed by atoms with Crippen LogP contribution in [0.4, 0.5) is 0 Å². The molecule has 0 heterocycles. The van der Waals surface area contributed by atoms with Gasteiger partial charge in [-0.25, -0.2) is 0 Å². The van der Waals surface area contributed by atoms with Crippen LogP contribution in [0.5, 0.6) is 0 Å². The van der Waals surface area contributed by atoms with E-state index in [-0.39, 0.29) is 30.0 Å². The molecular weight excluding hydrogens is 390 g/mol. The topological polar surface area (TPSA) is 80.9 Å². The zero-order chi connectivity index (χ0) is 21.1. The third-order valence-corrected chi connectivity index (χ3v) is 5.76. The molecule has 29 heavy (non-hydrogen) atoms. The Hall–Kier alpha value is 0.0900. The van der Waals surface area contributed by atoms with Crippen LogP contribution in [0.15, 0.2) is 0 Å². The van der Waals surface area contributed by atoms with Crippen LogP contribution >= 0.6 is 0 Å². The molecule has 0 radical (unpaired) electrons. The molecule has 0 aliphatic carbocycles.